The van der Waals surface area contributed by atoms with Crippen LogP contribution in [0.4, 0.5) is 11.6 Å². The minimum Gasteiger partial charge on any atom is -0.369 e. The third-order valence-corrected chi connectivity index (χ3v) is 2.26. The first-order valence-corrected chi connectivity index (χ1v) is 5.94. The number of hydrogen-bond acceptors (Lipinski definition) is 6. The molecule has 0 aromatic carbocycles. The number of rotatable bonds is 5. The van der Waals surface area contributed by atoms with Gasteiger partial charge in [-0.05, 0) is 18.6 Å². The molecule has 0 radical (unpaired) electrons. The van der Waals surface area contributed by atoms with Crippen molar-refractivity contribution in [2.45, 2.75) is 13.3 Å². The van der Waals surface area contributed by atoms with Crippen LogP contribution in [0.1, 0.15) is 23.8 Å². The maximum absolute atomic E-state index is 11.8. The Bertz CT molecular complexity index is 528. The molecule has 19 heavy (non-hydrogen) atoms. The molecule has 0 spiro atoms. The third kappa shape index (κ3) is 3.70. The molecule has 0 aliphatic carbocycles. The molecule has 98 valence electrons. The number of nitrogens with one attached hydrogen (secondary N) is 2. The van der Waals surface area contributed by atoms with Crippen LogP contribution < -0.4 is 10.6 Å². The predicted octanol–water partition coefficient (Wildman–Crippen LogP) is 1.34. The van der Waals surface area contributed by atoms with E-state index >= 15 is 0 Å². The van der Waals surface area contributed by atoms with Crippen molar-refractivity contribution < 1.29 is 4.79 Å². The number of carbonyl (C=O) groups is 1. The van der Waals surface area contributed by atoms with Gasteiger partial charge in [0, 0.05) is 18.9 Å². The van der Waals surface area contributed by atoms with Gasteiger partial charge < -0.3 is 10.6 Å². The van der Waals surface area contributed by atoms with Crippen molar-refractivity contribution in [1.82, 2.24) is 20.2 Å². The second kappa shape index (κ2) is 6.39. The highest BCUT2D eigenvalue weighted by molar-refractivity contribution is 6.02. The molecule has 0 unspecified atom stereocenters. The summed E-state index contributed by atoms with van der Waals surface area (Å²) in [6.07, 6.45) is 5.49. The third-order valence-electron chi connectivity index (χ3n) is 2.26. The number of carbonyl (C=O) groups excluding carboxylic acids is 1. The van der Waals surface area contributed by atoms with Gasteiger partial charge in [0.25, 0.3) is 5.91 Å². The lowest BCUT2D eigenvalue weighted by Gasteiger charge is -2.04. The average Bonchev–Trinajstić information content (AvgIpc) is 2.46. The molecule has 7 heteroatoms. The zero-order valence-electron chi connectivity index (χ0n) is 10.5. The van der Waals surface area contributed by atoms with Crippen LogP contribution in [0.5, 0.6) is 0 Å². The van der Waals surface area contributed by atoms with Crippen LogP contribution in [-0.4, -0.2) is 32.6 Å². The Kier molecular flexibility index (Phi) is 4.33. The smallest absolute Gasteiger partial charge is 0.277 e. The lowest BCUT2D eigenvalue weighted by molar-refractivity contribution is 0.102. The van der Waals surface area contributed by atoms with Crippen LogP contribution in [0.25, 0.3) is 0 Å². The van der Waals surface area contributed by atoms with Gasteiger partial charge >= 0.3 is 0 Å². The summed E-state index contributed by atoms with van der Waals surface area (Å²) in [5, 5.41) is 13.4. The van der Waals surface area contributed by atoms with Crippen molar-refractivity contribution in [3.8, 4) is 0 Å². The number of nitrogens with zero attached hydrogens (tertiary/aromatic N) is 4. The Labute approximate surface area is 110 Å². The van der Waals surface area contributed by atoms with Gasteiger partial charge in [0.15, 0.2) is 11.5 Å². The zero-order valence-corrected chi connectivity index (χ0v) is 10.5. The summed E-state index contributed by atoms with van der Waals surface area (Å²) in [4.78, 5) is 19.6. The van der Waals surface area contributed by atoms with Crippen molar-refractivity contribution in [2.75, 3.05) is 17.2 Å². The fraction of sp³-hybridized carbons (Fsp3) is 0.250. The molecule has 2 N–H and O–H groups in total. The van der Waals surface area contributed by atoms with E-state index in [0.29, 0.717) is 11.6 Å². The van der Waals surface area contributed by atoms with E-state index in [4.69, 9.17) is 0 Å². The van der Waals surface area contributed by atoms with Gasteiger partial charge in [-0.1, -0.05) is 6.92 Å². The standard InChI is InChI=1S/C12H14N6O/c1-2-5-14-10-4-3-9(17-18-10)12(19)16-11-8-13-6-7-15-11/h3-4,6-8H,2,5H2,1H3,(H,14,18)(H,15,16,19). The predicted molar refractivity (Wildman–Crippen MR) is 70.8 cm³/mol. The SMILES string of the molecule is CCCNc1ccc(C(=O)Nc2cnccn2)nn1. The summed E-state index contributed by atoms with van der Waals surface area (Å²) in [6.45, 7) is 2.88. The molecule has 0 saturated heterocycles. The van der Waals surface area contributed by atoms with E-state index in [-0.39, 0.29) is 11.6 Å². The topological polar surface area (TPSA) is 92.7 Å². The number of aromatic nitrogens is 4. The molecular formula is C12H14N6O. The van der Waals surface area contributed by atoms with Crippen LogP contribution in [0.3, 0.4) is 0 Å². The highest BCUT2D eigenvalue weighted by Gasteiger charge is 2.09. The van der Waals surface area contributed by atoms with Gasteiger partial charge in [-0.15, -0.1) is 10.2 Å². The van der Waals surface area contributed by atoms with Gasteiger partial charge in [-0.3, -0.25) is 9.78 Å². The molecule has 0 saturated carbocycles. The number of amides is 1. The van der Waals surface area contributed by atoms with Gasteiger partial charge in [0.05, 0.1) is 6.20 Å². The van der Waals surface area contributed by atoms with Gasteiger partial charge in [0.2, 0.25) is 0 Å². The second-order valence-electron chi connectivity index (χ2n) is 3.78. The number of anilines is 2. The first-order valence-electron chi connectivity index (χ1n) is 5.94. The van der Waals surface area contributed by atoms with E-state index in [1.54, 1.807) is 12.1 Å². The van der Waals surface area contributed by atoms with Gasteiger partial charge in [-0.25, -0.2) is 4.98 Å². The van der Waals surface area contributed by atoms with Gasteiger partial charge in [0.1, 0.15) is 5.82 Å². The monoisotopic (exact) mass is 258 g/mol. The normalized spacial score (nSPS) is 9.95. The molecular weight excluding hydrogens is 244 g/mol. The van der Waals surface area contributed by atoms with E-state index in [1.807, 2.05) is 0 Å². The maximum atomic E-state index is 11.8. The van der Waals surface area contributed by atoms with Crippen LogP contribution >= 0.6 is 0 Å². The highest BCUT2D eigenvalue weighted by Crippen LogP contribution is 2.05. The summed E-state index contributed by atoms with van der Waals surface area (Å²) < 4.78 is 0. The van der Waals surface area contributed by atoms with E-state index < -0.39 is 0 Å². The van der Waals surface area contributed by atoms with Crippen LogP contribution in [-0.2, 0) is 0 Å². The summed E-state index contributed by atoms with van der Waals surface area (Å²) in [5.74, 6) is 0.662. The fourth-order valence-corrected chi connectivity index (χ4v) is 1.34. The van der Waals surface area contributed by atoms with Crippen LogP contribution in [0.2, 0.25) is 0 Å². The largest absolute Gasteiger partial charge is 0.369 e. The minimum absolute atomic E-state index is 0.229. The van der Waals surface area contributed by atoms with Crippen molar-refractivity contribution in [3.63, 3.8) is 0 Å². The summed E-state index contributed by atoms with van der Waals surface area (Å²) in [7, 11) is 0. The van der Waals surface area contributed by atoms with E-state index in [0.717, 1.165) is 13.0 Å². The zero-order chi connectivity index (χ0) is 13.5. The summed E-state index contributed by atoms with van der Waals surface area (Å²) in [6, 6.07) is 3.32. The fourth-order valence-electron chi connectivity index (χ4n) is 1.34. The molecule has 2 aromatic rings. The Morgan fingerprint density at radius 1 is 1.21 bits per heavy atom. The number of hydrogen-bond donors (Lipinski definition) is 2. The summed E-state index contributed by atoms with van der Waals surface area (Å²) in [5.41, 5.74) is 0.229. The molecule has 2 rings (SSSR count). The lowest BCUT2D eigenvalue weighted by atomic mass is 10.3. The van der Waals surface area contributed by atoms with Crippen molar-refractivity contribution in [3.05, 3.63) is 36.4 Å². The van der Waals surface area contributed by atoms with E-state index in [2.05, 4.69) is 37.7 Å². The molecule has 7 nitrogen and oxygen atoms in total. The maximum Gasteiger partial charge on any atom is 0.277 e. The minimum atomic E-state index is -0.366. The highest BCUT2D eigenvalue weighted by atomic mass is 16.2. The molecule has 2 aromatic heterocycles. The Morgan fingerprint density at radius 2 is 2.11 bits per heavy atom. The van der Waals surface area contributed by atoms with Crippen molar-refractivity contribution in [2.24, 2.45) is 0 Å². The molecule has 0 aliphatic rings. The molecule has 0 bridgehead atoms. The molecule has 1 amide bonds. The average molecular weight is 258 g/mol. The summed E-state index contributed by atoms with van der Waals surface area (Å²) >= 11 is 0. The van der Waals surface area contributed by atoms with Crippen LogP contribution in [0.15, 0.2) is 30.7 Å². The van der Waals surface area contributed by atoms with Crippen molar-refractivity contribution >= 4 is 17.5 Å². The van der Waals surface area contributed by atoms with E-state index in [9.17, 15) is 4.79 Å². The Balaban J connectivity index is 1.99. The Hall–Kier alpha value is -2.57. The van der Waals surface area contributed by atoms with Gasteiger partial charge in [-0.2, -0.15) is 0 Å². The van der Waals surface area contributed by atoms with Crippen molar-refractivity contribution in [1.29, 1.82) is 0 Å². The molecule has 0 aliphatic heterocycles. The lowest BCUT2D eigenvalue weighted by Crippen LogP contribution is -2.15. The molecule has 2 heterocycles. The second-order valence-corrected chi connectivity index (χ2v) is 3.78. The first-order chi connectivity index (χ1) is 9.29. The quantitative estimate of drug-likeness (QED) is 0.840. The van der Waals surface area contributed by atoms with Crippen LogP contribution in [0, 0.1) is 0 Å². The van der Waals surface area contributed by atoms with E-state index in [1.165, 1.54) is 18.6 Å². The Morgan fingerprint density at radius 3 is 2.74 bits per heavy atom. The first kappa shape index (κ1) is 12.9. The molecule has 0 atom stereocenters. The molecule has 0 fully saturated rings.